The average molecular weight is 251 g/mol. The first kappa shape index (κ1) is 12.9. The van der Waals surface area contributed by atoms with Gasteiger partial charge in [-0.15, -0.1) is 0 Å². The van der Waals surface area contributed by atoms with Crippen molar-refractivity contribution in [2.45, 2.75) is 20.0 Å². The summed E-state index contributed by atoms with van der Waals surface area (Å²) in [6, 6.07) is 5.81. The maximum absolute atomic E-state index is 11.8. The summed E-state index contributed by atoms with van der Waals surface area (Å²) in [5, 5.41) is 10.4. The van der Waals surface area contributed by atoms with Gasteiger partial charge in [-0.1, -0.05) is 18.2 Å². The van der Waals surface area contributed by atoms with Crippen LogP contribution in [0.15, 0.2) is 18.2 Å². The van der Waals surface area contributed by atoms with E-state index in [1.54, 1.807) is 0 Å². The Morgan fingerprint density at radius 2 is 2.17 bits per heavy atom. The number of benzene rings is 1. The second-order valence-corrected chi connectivity index (χ2v) is 4.41. The van der Waals surface area contributed by atoms with Gasteiger partial charge in [-0.25, -0.2) is 5.06 Å². The molecule has 1 fully saturated rings. The molecule has 1 aliphatic rings. The minimum atomic E-state index is -0.603. The fourth-order valence-corrected chi connectivity index (χ4v) is 1.88. The van der Waals surface area contributed by atoms with Crippen LogP contribution in [0.4, 0.5) is 0 Å². The summed E-state index contributed by atoms with van der Waals surface area (Å²) in [5.41, 5.74) is 1.98. The van der Waals surface area contributed by atoms with Crippen molar-refractivity contribution in [3.05, 3.63) is 29.3 Å². The molecule has 1 heterocycles. The number of hydrogen-bond acceptors (Lipinski definition) is 4. The maximum atomic E-state index is 11.8. The van der Waals surface area contributed by atoms with Crippen LogP contribution in [0.25, 0.3) is 0 Å². The van der Waals surface area contributed by atoms with Crippen molar-refractivity contribution in [1.82, 2.24) is 5.06 Å². The normalized spacial score (nSPS) is 19.1. The van der Waals surface area contributed by atoms with Crippen molar-refractivity contribution in [3.63, 3.8) is 0 Å². The molecule has 0 radical (unpaired) electrons. The van der Waals surface area contributed by atoms with Gasteiger partial charge in [0.1, 0.15) is 18.5 Å². The topological polar surface area (TPSA) is 59.0 Å². The van der Waals surface area contributed by atoms with Crippen molar-refractivity contribution in [2.75, 3.05) is 19.8 Å². The Kier molecular flexibility index (Phi) is 3.84. The molecule has 1 N–H and O–H groups in total. The molecule has 0 saturated carbocycles. The lowest BCUT2D eigenvalue weighted by molar-refractivity contribution is -0.170. The predicted molar refractivity (Wildman–Crippen MR) is 65.1 cm³/mol. The highest BCUT2D eigenvalue weighted by molar-refractivity contribution is 5.77. The number of carbonyl (C=O) groups is 1. The number of aliphatic hydroxyl groups excluding tert-OH is 1. The van der Waals surface area contributed by atoms with Gasteiger partial charge in [0.05, 0.1) is 6.54 Å². The maximum Gasteiger partial charge on any atom is 0.284 e. The molecule has 0 spiro atoms. The largest absolute Gasteiger partial charge is 0.483 e. The van der Waals surface area contributed by atoms with E-state index in [-0.39, 0.29) is 25.7 Å². The fraction of sp³-hybridized carbons (Fsp3) is 0.462. The number of ether oxygens (including phenoxy) is 1. The number of aryl methyl sites for hydroxylation is 2. The van der Waals surface area contributed by atoms with Crippen LogP contribution >= 0.6 is 0 Å². The van der Waals surface area contributed by atoms with Crippen molar-refractivity contribution in [2.24, 2.45) is 0 Å². The van der Waals surface area contributed by atoms with Crippen LogP contribution in [0.1, 0.15) is 11.1 Å². The van der Waals surface area contributed by atoms with Gasteiger partial charge in [-0.05, 0) is 25.0 Å². The summed E-state index contributed by atoms with van der Waals surface area (Å²) in [6.45, 7) is 4.15. The first-order valence-electron chi connectivity index (χ1n) is 5.88. The lowest BCUT2D eigenvalue weighted by Gasteiger charge is -2.16. The molecule has 98 valence electrons. The first-order chi connectivity index (χ1) is 8.58. The summed E-state index contributed by atoms with van der Waals surface area (Å²) in [5.74, 6) is 0.444. The molecule has 0 bridgehead atoms. The number of carbonyl (C=O) groups excluding carboxylic acids is 1. The third-order valence-corrected chi connectivity index (χ3v) is 2.83. The summed E-state index contributed by atoms with van der Waals surface area (Å²) < 4.78 is 5.52. The number of β-amino-alcohol motifs (C(OH)–C–C–N with tert-alkyl or cyclic N) is 1. The standard InChI is InChI=1S/C13H17NO4/c1-9-4-3-5-10(2)13(9)17-8-12(16)14-6-11(15)7-18-14/h3-5,11,15H,6-8H2,1-2H3. The molecule has 1 aromatic carbocycles. The number of aliphatic hydroxyl groups is 1. The second kappa shape index (κ2) is 5.37. The quantitative estimate of drug-likeness (QED) is 0.864. The lowest BCUT2D eigenvalue weighted by atomic mass is 10.1. The van der Waals surface area contributed by atoms with E-state index in [4.69, 9.17) is 9.57 Å². The van der Waals surface area contributed by atoms with Gasteiger partial charge in [0.15, 0.2) is 6.61 Å². The molecule has 1 aliphatic heterocycles. The van der Waals surface area contributed by atoms with E-state index in [9.17, 15) is 9.90 Å². The van der Waals surface area contributed by atoms with E-state index in [1.165, 1.54) is 0 Å². The van der Waals surface area contributed by atoms with Crippen LogP contribution in [0.2, 0.25) is 0 Å². The number of hydroxylamine groups is 2. The third kappa shape index (κ3) is 2.80. The van der Waals surface area contributed by atoms with Crippen LogP contribution in [0.3, 0.4) is 0 Å². The van der Waals surface area contributed by atoms with Crippen LogP contribution in [0.5, 0.6) is 5.75 Å². The Balaban J connectivity index is 1.93. The van der Waals surface area contributed by atoms with Crippen molar-refractivity contribution >= 4 is 5.91 Å². The highest BCUT2D eigenvalue weighted by Gasteiger charge is 2.26. The number of hydrogen-bond donors (Lipinski definition) is 1. The molecule has 1 unspecified atom stereocenters. The molecule has 1 saturated heterocycles. The van der Waals surface area contributed by atoms with Gasteiger partial charge in [0.25, 0.3) is 5.91 Å². The van der Waals surface area contributed by atoms with E-state index in [2.05, 4.69) is 0 Å². The zero-order valence-electron chi connectivity index (χ0n) is 10.5. The molecule has 5 nitrogen and oxygen atoms in total. The average Bonchev–Trinajstić information content (AvgIpc) is 2.75. The SMILES string of the molecule is Cc1cccc(C)c1OCC(=O)N1CC(O)CO1. The number of rotatable bonds is 3. The van der Waals surface area contributed by atoms with Crippen LogP contribution < -0.4 is 4.74 Å². The van der Waals surface area contributed by atoms with E-state index < -0.39 is 6.10 Å². The summed E-state index contributed by atoms with van der Waals surface area (Å²) in [6.07, 6.45) is -0.603. The molecule has 1 atom stereocenters. The van der Waals surface area contributed by atoms with Gasteiger partial charge in [0.2, 0.25) is 0 Å². The van der Waals surface area contributed by atoms with Crippen LogP contribution in [-0.4, -0.2) is 41.9 Å². The zero-order chi connectivity index (χ0) is 13.1. The summed E-state index contributed by atoms with van der Waals surface area (Å²) in [7, 11) is 0. The predicted octanol–water partition coefficient (Wildman–Crippen LogP) is 0.817. The molecular formula is C13H17NO4. The van der Waals surface area contributed by atoms with Crippen LogP contribution in [0, 0.1) is 13.8 Å². The number of amides is 1. The second-order valence-electron chi connectivity index (χ2n) is 4.41. The lowest BCUT2D eigenvalue weighted by Crippen LogP contribution is -2.32. The molecule has 1 amide bonds. The molecule has 0 aromatic heterocycles. The smallest absolute Gasteiger partial charge is 0.284 e. The molecular weight excluding hydrogens is 234 g/mol. The van der Waals surface area contributed by atoms with Crippen molar-refractivity contribution < 1.29 is 19.5 Å². The molecule has 1 aromatic rings. The van der Waals surface area contributed by atoms with E-state index in [0.29, 0.717) is 0 Å². The molecule has 5 heteroatoms. The summed E-state index contributed by atoms with van der Waals surface area (Å²) in [4.78, 5) is 16.8. The minimum absolute atomic E-state index is 0.0849. The zero-order valence-corrected chi connectivity index (χ0v) is 10.5. The van der Waals surface area contributed by atoms with Crippen LogP contribution in [-0.2, 0) is 9.63 Å². The molecule has 18 heavy (non-hydrogen) atoms. The Morgan fingerprint density at radius 3 is 2.72 bits per heavy atom. The van der Waals surface area contributed by atoms with Crippen molar-refractivity contribution in [3.8, 4) is 5.75 Å². The van der Waals surface area contributed by atoms with Gasteiger partial charge < -0.3 is 9.84 Å². The number of nitrogens with zero attached hydrogens (tertiary/aromatic N) is 1. The van der Waals surface area contributed by atoms with Gasteiger partial charge in [-0.3, -0.25) is 9.63 Å². The molecule has 0 aliphatic carbocycles. The highest BCUT2D eigenvalue weighted by atomic mass is 16.7. The Labute approximate surface area is 106 Å². The van der Waals surface area contributed by atoms with E-state index in [1.807, 2.05) is 32.0 Å². The first-order valence-corrected chi connectivity index (χ1v) is 5.88. The minimum Gasteiger partial charge on any atom is -0.483 e. The van der Waals surface area contributed by atoms with E-state index >= 15 is 0 Å². The Morgan fingerprint density at radius 1 is 1.50 bits per heavy atom. The number of para-hydroxylation sites is 1. The van der Waals surface area contributed by atoms with Gasteiger partial charge in [0, 0.05) is 0 Å². The summed E-state index contributed by atoms with van der Waals surface area (Å²) >= 11 is 0. The Hall–Kier alpha value is -1.59. The van der Waals surface area contributed by atoms with Gasteiger partial charge >= 0.3 is 0 Å². The monoisotopic (exact) mass is 251 g/mol. The van der Waals surface area contributed by atoms with E-state index in [0.717, 1.165) is 21.9 Å². The Bertz CT molecular complexity index is 426. The fourth-order valence-electron chi connectivity index (χ4n) is 1.88. The van der Waals surface area contributed by atoms with Gasteiger partial charge in [-0.2, -0.15) is 0 Å². The molecule has 2 rings (SSSR count). The van der Waals surface area contributed by atoms with Crippen molar-refractivity contribution in [1.29, 1.82) is 0 Å². The third-order valence-electron chi connectivity index (χ3n) is 2.83. The highest BCUT2D eigenvalue weighted by Crippen LogP contribution is 2.22.